The third-order valence-electron chi connectivity index (χ3n) is 3.56. The van der Waals surface area contributed by atoms with Gasteiger partial charge in [0.05, 0.1) is 13.3 Å². The highest BCUT2D eigenvalue weighted by atomic mass is 19.1. The maximum Gasteiger partial charge on any atom is 0.271 e. The van der Waals surface area contributed by atoms with Crippen molar-refractivity contribution in [3.8, 4) is 5.75 Å². The Labute approximate surface area is 138 Å². The van der Waals surface area contributed by atoms with E-state index in [9.17, 15) is 9.18 Å². The van der Waals surface area contributed by atoms with E-state index in [2.05, 4.69) is 10.5 Å². The molecule has 0 fully saturated rings. The van der Waals surface area contributed by atoms with Gasteiger partial charge in [-0.1, -0.05) is 18.2 Å². The molecule has 4 nitrogen and oxygen atoms in total. The molecule has 0 saturated carbocycles. The van der Waals surface area contributed by atoms with Crippen molar-refractivity contribution >= 4 is 22.9 Å². The fraction of sp³-hybridized carbons (Fsp3) is 0.0526. The quantitative estimate of drug-likeness (QED) is 0.587. The van der Waals surface area contributed by atoms with Crippen LogP contribution < -0.4 is 10.2 Å². The predicted molar refractivity (Wildman–Crippen MR) is 92.0 cm³/mol. The first-order valence-electron chi connectivity index (χ1n) is 7.32. The summed E-state index contributed by atoms with van der Waals surface area (Å²) in [6.07, 6.45) is 1.56. The van der Waals surface area contributed by atoms with E-state index < -0.39 is 5.91 Å². The van der Waals surface area contributed by atoms with Crippen LogP contribution in [0.25, 0.3) is 10.8 Å². The lowest BCUT2D eigenvalue weighted by Gasteiger charge is -2.03. The van der Waals surface area contributed by atoms with Gasteiger partial charge in [0.15, 0.2) is 0 Å². The zero-order valence-electron chi connectivity index (χ0n) is 13.0. The number of hydrogen-bond acceptors (Lipinski definition) is 3. The fourth-order valence-electron chi connectivity index (χ4n) is 2.28. The molecule has 0 aromatic heterocycles. The summed E-state index contributed by atoms with van der Waals surface area (Å²) >= 11 is 0. The first-order chi connectivity index (χ1) is 11.7. The molecule has 3 aromatic carbocycles. The molecular weight excluding hydrogens is 307 g/mol. The van der Waals surface area contributed by atoms with Crippen molar-refractivity contribution in [2.24, 2.45) is 5.10 Å². The number of fused-ring (bicyclic) bond motifs is 1. The highest BCUT2D eigenvalue weighted by Crippen LogP contribution is 2.21. The van der Waals surface area contributed by atoms with Crippen LogP contribution in [0.2, 0.25) is 0 Å². The Balaban J connectivity index is 1.71. The first-order valence-corrected chi connectivity index (χ1v) is 7.32. The van der Waals surface area contributed by atoms with Gasteiger partial charge >= 0.3 is 0 Å². The fourth-order valence-corrected chi connectivity index (χ4v) is 2.28. The Morgan fingerprint density at radius 1 is 1.04 bits per heavy atom. The van der Waals surface area contributed by atoms with Gasteiger partial charge in [-0.2, -0.15) is 5.10 Å². The van der Waals surface area contributed by atoms with Crippen molar-refractivity contribution in [3.05, 3.63) is 77.6 Å². The van der Waals surface area contributed by atoms with Crippen LogP contribution in [0.15, 0.2) is 65.8 Å². The summed E-state index contributed by atoms with van der Waals surface area (Å²) < 4.78 is 18.0. The molecule has 0 atom stereocenters. The van der Waals surface area contributed by atoms with Crippen LogP contribution in [0.5, 0.6) is 5.75 Å². The summed E-state index contributed by atoms with van der Waals surface area (Å²) in [5, 5.41) is 6.04. The topological polar surface area (TPSA) is 50.7 Å². The smallest absolute Gasteiger partial charge is 0.271 e. The number of amides is 1. The van der Waals surface area contributed by atoms with E-state index in [0.717, 1.165) is 22.1 Å². The number of rotatable bonds is 4. The zero-order valence-corrected chi connectivity index (χ0v) is 13.0. The number of carbonyl (C=O) groups excluding carboxylic acids is 1. The number of nitrogens with one attached hydrogen (secondary N) is 1. The second kappa shape index (κ2) is 6.91. The van der Waals surface area contributed by atoms with E-state index in [1.807, 2.05) is 36.4 Å². The SMILES string of the molecule is COc1ccc2cc(/C=N/NC(=O)c3ccc(F)cc3)ccc2c1. The molecule has 3 aromatic rings. The summed E-state index contributed by atoms with van der Waals surface area (Å²) in [6.45, 7) is 0. The molecule has 0 aliphatic carbocycles. The number of ether oxygens (including phenoxy) is 1. The minimum absolute atomic E-state index is 0.346. The highest BCUT2D eigenvalue weighted by molar-refractivity contribution is 5.95. The van der Waals surface area contributed by atoms with Crippen molar-refractivity contribution in [1.29, 1.82) is 0 Å². The van der Waals surface area contributed by atoms with Gasteiger partial charge in [-0.3, -0.25) is 4.79 Å². The number of benzene rings is 3. The molecule has 0 spiro atoms. The van der Waals surface area contributed by atoms with E-state index in [1.54, 1.807) is 13.3 Å². The summed E-state index contributed by atoms with van der Waals surface area (Å²) in [7, 11) is 1.63. The molecule has 3 rings (SSSR count). The molecule has 120 valence electrons. The number of methoxy groups -OCH3 is 1. The maximum atomic E-state index is 12.8. The summed E-state index contributed by atoms with van der Waals surface area (Å²) in [6, 6.07) is 16.9. The normalized spacial score (nSPS) is 10.9. The number of hydrazone groups is 1. The lowest BCUT2D eigenvalue weighted by atomic mass is 10.1. The standard InChI is InChI=1S/C19H15FN2O2/c1-24-18-9-6-15-10-13(2-3-16(15)11-18)12-21-22-19(23)14-4-7-17(20)8-5-14/h2-12H,1H3,(H,22,23)/b21-12+. The van der Waals surface area contributed by atoms with E-state index in [-0.39, 0.29) is 5.82 Å². The molecule has 1 amide bonds. The van der Waals surface area contributed by atoms with Gasteiger partial charge in [-0.25, -0.2) is 9.82 Å². The Morgan fingerprint density at radius 3 is 2.50 bits per heavy atom. The molecule has 0 saturated heterocycles. The van der Waals surface area contributed by atoms with Crippen LogP contribution in [0.1, 0.15) is 15.9 Å². The first kappa shape index (κ1) is 15.7. The molecule has 0 aliphatic heterocycles. The van der Waals surface area contributed by atoms with Crippen molar-refractivity contribution in [2.75, 3.05) is 7.11 Å². The van der Waals surface area contributed by atoms with Crippen molar-refractivity contribution < 1.29 is 13.9 Å². The predicted octanol–water partition coefficient (Wildman–Crippen LogP) is 3.75. The minimum atomic E-state index is -0.392. The third kappa shape index (κ3) is 3.57. The van der Waals surface area contributed by atoms with Gasteiger partial charge < -0.3 is 4.74 Å². The van der Waals surface area contributed by atoms with Crippen molar-refractivity contribution in [1.82, 2.24) is 5.43 Å². The average molecular weight is 322 g/mol. The second-order valence-corrected chi connectivity index (χ2v) is 5.18. The Bertz CT molecular complexity index is 905. The van der Waals surface area contributed by atoms with E-state index in [0.29, 0.717) is 5.56 Å². The van der Waals surface area contributed by atoms with Crippen LogP contribution >= 0.6 is 0 Å². The van der Waals surface area contributed by atoms with Crippen LogP contribution in [0.4, 0.5) is 4.39 Å². The molecular formula is C19H15FN2O2. The molecule has 0 aliphatic rings. The van der Waals surface area contributed by atoms with Crippen LogP contribution in [-0.4, -0.2) is 19.2 Å². The molecule has 0 heterocycles. The monoisotopic (exact) mass is 322 g/mol. The Morgan fingerprint density at radius 2 is 1.75 bits per heavy atom. The number of nitrogens with zero attached hydrogens (tertiary/aromatic N) is 1. The van der Waals surface area contributed by atoms with Gasteiger partial charge in [-0.15, -0.1) is 0 Å². The average Bonchev–Trinajstić information content (AvgIpc) is 2.61. The number of carbonyl (C=O) groups is 1. The van der Waals surface area contributed by atoms with Crippen LogP contribution in [0, 0.1) is 5.82 Å². The van der Waals surface area contributed by atoms with Gasteiger partial charge in [0.1, 0.15) is 11.6 Å². The molecule has 5 heteroatoms. The van der Waals surface area contributed by atoms with Crippen molar-refractivity contribution in [3.63, 3.8) is 0 Å². The molecule has 24 heavy (non-hydrogen) atoms. The van der Waals surface area contributed by atoms with Crippen molar-refractivity contribution in [2.45, 2.75) is 0 Å². The van der Waals surface area contributed by atoms with E-state index in [4.69, 9.17) is 4.74 Å². The largest absolute Gasteiger partial charge is 0.497 e. The van der Waals surface area contributed by atoms with Crippen LogP contribution in [-0.2, 0) is 0 Å². The van der Waals surface area contributed by atoms with Gasteiger partial charge in [0.2, 0.25) is 0 Å². The van der Waals surface area contributed by atoms with Gasteiger partial charge in [0.25, 0.3) is 5.91 Å². The molecule has 0 unspecified atom stereocenters. The van der Waals surface area contributed by atoms with Gasteiger partial charge in [-0.05, 0) is 58.8 Å². The third-order valence-corrected chi connectivity index (χ3v) is 3.56. The maximum absolute atomic E-state index is 12.8. The number of hydrogen-bond donors (Lipinski definition) is 1. The lowest BCUT2D eigenvalue weighted by Crippen LogP contribution is -2.17. The summed E-state index contributed by atoms with van der Waals surface area (Å²) in [5.74, 6) is 0.0232. The summed E-state index contributed by atoms with van der Waals surface area (Å²) in [4.78, 5) is 11.9. The Kier molecular flexibility index (Phi) is 4.52. The molecule has 0 bridgehead atoms. The Hall–Kier alpha value is -3.21. The molecule has 1 N–H and O–H groups in total. The van der Waals surface area contributed by atoms with E-state index >= 15 is 0 Å². The number of halogens is 1. The van der Waals surface area contributed by atoms with Gasteiger partial charge in [0, 0.05) is 5.56 Å². The van der Waals surface area contributed by atoms with Crippen LogP contribution in [0.3, 0.4) is 0 Å². The second-order valence-electron chi connectivity index (χ2n) is 5.18. The summed E-state index contributed by atoms with van der Waals surface area (Å²) in [5.41, 5.74) is 3.62. The van der Waals surface area contributed by atoms with E-state index in [1.165, 1.54) is 24.3 Å². The highest BCUT2D eigenvalue weighted by Gasteiger charge is 2.03. The lowest BCUT2D eigenvalue weighted by molar-refractivity contribution is 0.0955. The molecule has 0 radical (unpaired) electrons. The zero-order chi connectivity index (χ0) is 16.9. The minimum Gasteiger partial charge on any atom is -0.497 e.